The van der Waals surface area contributed by atoms with Crippen molar-refractivity contribution in [1.82, 2.24) is 0 Å². The molecule has 0 saturated carbocycles. The summed E-state index contributed by atoms with van der Waals surface area (Å²) in [5.41, 5.74) is 0.576. The highest BCUT2D eigenvalue weighted by Crippen LogP contribution is 2.37. The van der Waals surface area contributed by atoms with Crippen molar-refractivity contribution >= 4 is 49.0 Å². The fourth-order valence-corrected chi connectivity index (χ4v) is 3.82. The van der Waals surface area contributed by atoms with E-state index in [0.29, 0.717) is 39.6 Å². The topological polar surface area (TPSA) is 35.5 Å². The summed E-state index contributed by atoms with van der Waals surface area (Å²) in [6.07, 6.45) is 0. The van der Waals surface area contributed by atoms with Crippen molar-refractivity contribution in [2.75, 3.05) is 13.2 Å². The van der Waals surface area contributed by atoms with Crippen molar-refractivity contribution in [1.29, 1.82) is 0 Å². The summed E-state index contributed by atoms with van der Waals surface area (Å²) in [4.78, 5) is 13.2. The smallest absolute Gasteiger partial charge is 0.205 e. The van der Waals surface area contributed by atoms with E-state index in [0.717, 1.165) is 4.47 Å². The Labute approximate surface area is 130 Å². The third-order valence-corrected chi connectivity index (χ3v) is 5.19. The molecule has 0 bridgehead atoms. The predicted molar refractivity (Wildman–Crippen MR) is 80.6 cm³/mol. The summed E-state index contributed by atoms with van der Waals surface area (Å²) in [6, 6.07) is 5.38. The largest absolute Gasteiger partial charge is 0.486 e. The SMILES string of the molecule is O=C(c1cc2c(cc1Br)OCCO2)c1sccc1Br. The number of thiophene rings is 1. The minimum Gasteiger partial charge on any atom is -0.486 e. The number of ketones is 1. The van der Waals surface area contributed by atoms with Crippen LogP contribution in [-0.4, -0.2) is 19.0 Å². The minimum atomic E-state index is -0.0364. The zero-order chi connectivity index (χ0) is 13.4. The van der Waals surface area contributed by atoms with Crippen LogP contribution in [0.4, 0.5) is 0 Å². The highest BCUT2D eigenvalue weighted by atomic mass is 79.9. The molecule has 0 saturated heterocycles. The lowest BCUT2D eigenvalue weighted by atomic mass is 10.1. The van der Waals surface area contributed by atoms with E-state index in [1.165, 1.54) is 11.3 Å². The first-order valence-corrected chi connectivity index (χ1v) is 8.00. The van der Waals surface area contributed by atoms with Gasteiger partial charge in [-0.2, -0.15) is 0 Å². The van der Waals surface area contributed by atoms with E-state index >= 15 is 0 Å². The molecule has 0 unspecified atom stereocenters. The molecule has 0 atom stereocenters. The first-order valence-electron chi connectivity index (χ1n) is 5.53. The van der Waals surface area contributed by atoms with Gasteiger partial charge in [0, 0.05) is 14.5 Å². The van der Waals surface area contributed by atoms with Crippen LogP contribution in [0.3, 0.4) is 0 Å². The summed E-state index contributed by atoms with van der Waals surface area (Å²) < 4.78 is 12.5. The molecule has 3 rings (SSSR count). The van der Waals surface area contributed by atoms with Gasteiger partial charge in [-0.3, -0.25) is 4.79 Å². The Morgan fingerprint density at radius 2 is 1.79 bits per heavy atom. The van der Waals surface area contributed by atoms with Crippen LogP contribution in [0.25, 0.3) is 0 Å². The van der Waals surface area contributed by atoms with Crippen molar-refractivity contribution in [2.24, 2.45) is 0 Å². The maximum absolute atomic E-state index is 12.5. The molecule has 0 amide bonds. The summed E-state index contributed by atoms with van der Waals surface area (Å²) in [7, 11) is 0. The normalized spacial score (nSPS) is 13.4. The monoisotopic (exact) mass is 402 g/mol. The van der Waals surface area contributed by atoms with Crippen molar-refractivity contribution in [3.8, 4) is 11.5 Å². The van der Waals surface area contributed by atoms with Gasteiger partial charge in [0.25, 0.3) is 0 Å². The van der Waals surface area contributed by atoms with Crippen LogP contribution >= 0.6 is 43.2 Å². The number of halogens is 2. The lowest BCUT2D eigenvalue weighted by molar-refractivity contribution is 0.104. The molecule has 3 nitrogen and oxygen atoms in total. The Bertz CT molecular complexity index is 651. The second-order valence-corrected chi connectivity index (χ2v) is 6.53. The number of carbonyl (C=O) groups is 1. The van der Waals surface area contributed by atoms with Crippen LogP contribution in [0.15, 0.2) is 32.5 Å². The molecule has 0 radical (unpaired) electrons. The molecule has 0 fully saturated rings. The van der Waals surface area contributed by atoms with Gasteiger partial charge in [-0.25, -0.2) is 0 Å². The predicted octanol–water partition coefficient (Wildman–Crippen LogP) is 4.28. The molecule has 1 aromatic carbocycles. The molecule has 0 aliphatic carbocycles. The number of ether oxygens (including phenoxy) is 2. The van der Waals surface area contributed by atoms with Crippen LogP contribution in [0.5, 0.6) is 11.5 Å². The van der Waals surface area contributed by atoms with Gasteiger partial charge in [-0.15, -0.1) is 11.3 Å². The third-order valence-electron chi connectivity index (χ3n) is 2.70. The summed E-state index contributed by atoms with van der Waals surface area (Å²) in [5, 5.41) is 1.88. The van der Waals surface area contributed by atoms with Crippen LogP contribution in [0.1, 0.15) is 15.2 Å². The first-order chi connectivity index (χ1) is 9.16. The quantitative estimate of drug-likeness (QED) is 0.702. The fourth-order valence-electron chi connectivity index (χ4n) is 1.82. The first kappa shape index (κ1) is 13.1. The van der Waals surface area contributed by atoms with Gasteiger partial charge in [0.15, 0.2) is 11.5 Å². The van der Waals surface area contributed by atoms with Gasteiger partial charge in [0.2, 0.25) is 5.78 Å². The van der Waals surface area contributed by atoms with Gasteiger partial charge in [0.1, 0.15) is 13.2 Å². The molecule has 98 valence electrons. The third kappa shape index (κ3) is 2.44. The Morgan fingerprint density at radius 1 is 1.11 bits per heavy atom. The zero-order valence-corrected chi connectivity index (χ0v) is 13.6. The number of carbonyl (C=O) groups excluding carboxylic acids is 1. The Hall–Kier alpha value is -0.850. The van der Waals surface area contributed by atoms with Crippen LogP contribution in [0.2, 0.25) is 0 Å². The van der Waals surface area contributed by atoms with Gasteiger partial charge < -0.3 is 9.47 Å². The number of benzene rings is 1. The van der Waals surface area contributed by atoms with Gasteiger partial charge >= 0.3 is 0 Å². The summed E-state index contributed by atoms with van der Waals surface area (Å²) >= 11 is 8.21. The number of rotatable bonds is 2. The Kier molecular flexibility index (Phi) is 3.64. The number of fused-ring (bicyclic) bond motifs is 1. The van der Waals surface area contributed by atoms with E-state index in [4.69, 9.17) is 9.47 Å². The molecule has 2 aromatic rings. The average Bonchev–Trinajstić information content (AvgIpc) is 2.83. The van der Waals surface area contributed by atoms with E-state index in [-0.39, 0.29) is 5.78 Å². The van der Waals surface area contributed by atoms with E-state index in [1.54, 1.807) is 12.1 Å². The number of hydrogen-bond acceptors (Lipinski definition) is 4. The standard InChI is InChI=1S/C13H8Br2O3S/c14-8-1-4-19-13(8)12(16)7-5-10-11(6-9(7)15)18-3-2-17-10/h1,4-6H,2-3H2. The molecule has 2 heterocycles. The molecular formula is C13H8Br2O3S. The van der Waals surface area contributed by atoms with E-state index in [9.17, 15) is 4.79 Å². The zero-order valence-electron chi connectivity index (χ0n) is 9.61. The molecule has 1 aromatic heterocycles. The molecule has 0 spiro atoms. The summed E-state index contributed by atoms with van der Waals surface area (Å²) in [5.74, 6) is 1.25. The molecule has 1 aliphatic rings. The van der Waals surface area contributed by atoms with E-state index < -0.39 is 0 Å². The molecule has 1 aliphatic heterocycles. The number of hydrogen-bond donors (Lipinski definition) is 0. The van der Waals surface area contributed by atoms with Crippen LogP contribution in [0, 0.1) is 0 Å². The van der Waals surface area contributed by atoms with Gasteiger partial charge in [-0.05, 0) is 55.4 Å². The van der Waals surface area contributed by atoms with Gasteiger partial charge in [-0.1, -0.05) is 0 Å². The molecule has 0 N–H and O–H groups in total. The van der Waals surface area contributed by atoms with Crippen molar-refractivity contribution < 1.29 is 14.3 Å². The van der Waals surface area contributed by atoms with Crippen molar-refractivity contribution in [2.45, 2.75) is 0 Å². The summed E-state index contributed by atoms with van der Waals surface area (Å²) in [6.45, 7) is 1.04. The van der Waals surface area contributed by atoms with Crippen LogP contribution in [-0.2, 0) is 0 Å². The average molecular weight is 404 g/mol. The van der Waals surface area contributed by atoms with Crippen molar-refractivity contribution in [3.63, 3.8) is 0 Å². The molecule has 6 heteroatoms. The van der Waals surface area contributed by atoms with Crippen molar-refractivity contribution in [3.05, 3.63) is 43.0 Å². The maximum Gasteiger partial charge on any atom is 0.205 e. The fraction of sp³-hybridized carbons (Fsp3) is 0.154. The van der Waals surface area contributed by atoms with Gasteiger partial charge in [0.05, 0.1) is 4.88 Å². The second kappa shape index (κ2) is 5.26. The highest BCUT2D eigenvalue weighted by Gasteiger charge is 2.21. The van der Waals surface area contributed by atoms with Crippen LogP contribution < -0.4 is 9.47 Å². The highest BCUT2D eigenvalue weighted by molar-refractivity contribution is 9.11. The van der Waals surface area contributed by atoms with E-state index in [1.807, 2.05) is 11.4 Å². The van der Waals surface area contributed by atoms with E-state index in [2.05, 4.69) is 31.9 Å². The maximum atomic E-state index is 12.5. The molecular weight excluding hydrogens is 396 g/mol. The minimum absolute atomic E-state index is 0.0364. The Morgan fingerprint density at radius 3 is 2.42 bits per heavy atom. The Balaban J connectivity index is 2.06. The lowest BCUT2D eigenvalue weighted by Gasteiger charge is -2.19. The second-order valence-electron chi connectivity index (χ2n) is 3.90. The lowest BCUT2D eigenvalue weighted by Crippen LogP contribution is -2.16. The molecule has 19 heavy (non-hydrogen) atoms.